The van der Waals surface area contributed by atoms with Crippen molar-refractivity contribution < 1.29 is 27.8 Å². The lowest BCUT2D eigenvalue weighted by atomic mass is 10.1. The number of alkyl halides is 2. The van der Waals surface area contributed by atoms with E-state index in [2.05, 4.69) is 26.0 Å². The summed E-state index contributed by atoms with van der Waals surface area (Å²) in [7, 11) is 2.79. The Hall–Kier alpha value is -2.94. The minimum atomic E-state index is -3.04. The molecule has 0 fully saturated rings. The maximum Gasteiger partial charge on any atom is 0.387 e. The Labute approximate surface area is 181 Å². The van der Waals surface area contributed by atoms with E-state index in [1.54, 1.807) is 18.2 Å². The molecule has 9 heteroatoms. The lowest BCUT2D eigenvalue weighted by Crippen LogP contribution is -2.34. The number of rotatable bonds is 8. The monoisotopic (exact) mass is 482 g/mol. The zero-order valence-electron chi connectivity index (χ0n) is 16.6. The Morgan fingerprint density at radius 1 is 1.27 bits per heavy atom. The van der Waals surface area contributed by atoms with Gasteiger partial charge in [-0.1, -0.05) is 28.1 Å². The molecule has 0 saturated carbocycles. The van der Waals surface area contributed by atoms with E-state index in [0.29, 0.717) is 5.69 Å². The van der Waals surface area contributed by atoms with Gasteiger partial charge < -0.3 is 19.7 Å². The number of hydrogen-bond acceptors (Lipinski definition) is 4. The van der Waals surface area contributed by atoms with Crippen LogP contribution in [0.4, 0.5) is 14.5 Å². The molecule has 0 unspecified atom stereocenters. The average molecular weight is 483 g/mol. The molecule has 30 heavy (non-hydrogen) atoms. The first-order valence-electron chi connectivity index (χ1n) is 8.82. The molecule has 0 saturated heterocycles. The maximum atomic E-state index is 12.7. The van der Waals surface area contributed by atoms with Crippen LogP contribution < -0.4 is 14.8 Å². The van der Waals surface area contributed by atoms with Crippen molar-refractivity contribution in [3.63, 3.8) is 0 Å². The highest BCUT2D eigenvalue weighted by molar-refractivity contribution is 9.10. The Morgan fingerprint density at radius 3 is 2.63 bits per heavy atom. The third-order valence-electron chi connectivity index (χ3n) is 4.06. The maximum absolute atomic E-state index is 12.7. The molecule has 0 bridgehead atoms. The smallest absolute Gasteiger partial charge is 0.387 e. The number of likely N-dealkylation sites (N-methyl/N-ethyl adjacent to an activating group) is 1. The summed E-state index contributed by atoms with van der Waals surface area (Å²) in [5.74, 6) is -0.913. The molecular weight excluding hydrogens is 462 g/mol. The van der Waals surface area contributed by atoms with E-state index in [1.807, 2.05) is 13.0 Å². The Bertz CT molecular complexity index is 951. The number of carbonyl (C=O) groups is 2. The van der Waals surface area contributed by atoms with Crippen LogP contribution in [0.25, 0.3) is 6.08 Å². The third kappa shape index (κ3) is 6.55. The van der Waals surface area contributed by atoms with Gasteiger partial charge in [-0.3, -0.25) is 9.59 Å². The van der Waals surface area contributed by atoms with Gasteiger partial charge in [0, 0.05) is 28.8 Å². The SMILES string of the molecule is COc1cccc(/C=C/C(=O)N(C)CC(=O)Nc2ccc(Br)cc2C)c1OC(F)F. The van der Waals surface area contributed by atoms with E-state index in [4.69, 9.17) is 4.74 Å². The number of anilines is 1. The lowest BCUT2D eigenvalue weighted by Gasteiger charge is -2.16. The van der Waals surface area contributed by atoms with Gasteiger partial charge in [0.25, 0.3) is 0 Å². The zero-order valence-corrected chi connectivity index (χ0v) is 18.2. The van der Waals surface area contributed by atoms with E-state index in [1.165, 1.54) is 43.3 Å². The molecule has 1 N–H and O–H groups in total. The number of para-hydroxylation sites is 1. The van der Waals surface area contributed by atoms with Crippen LogP contribution in [0.5, 0.6) is 11.5 Å². The van der Waals surface area contributed by atoms with Crippen LogP contribution in [0.3, 0.4) is 0 Å². The van der Waals surface area contributed by atoms with Gasteiger partial charge in [0.05, 0.1) is 13.7 Å². The molecule has 2 aromatic rings. The molecule has 2 rings (SSSR count). The Balaban J connectivity index is 2.05. The Kier molecular flexibility index (Phi) is 8.35. The van der Waals surface area contributed by atoms with Crippen LogP contribution in [0, 0.1) is 6.92 Å². The highest BCUT2D eigenvalue weighted by Crippen LogP contribution is 2.33. The number of nitrogens with zero attached hydrogens (tertiary/aromatic N) is 1. The fraction of sp³-hybridized carbons (Fsp3) is 0.238. The van der Waals surface area contributed by atoms with Gasteiger partial charge in [-0.25, -0.2) is 0 Å². The summed E-state index contributed by atoms with van der Waals surface area (Å²) in [6.45, 7) is -1.37. The van der Waals surface area contributed by atoms with Crippen LogP contribution in [-0.4, -0.2) is 44.0 Å². The molecule has 0 heterocycles. The number of methoxy groups -OCH3 is 1. The molecule has 2 aromatic carbocycles. The van der Waals surface area contributed by atoms with Crippen LogP contribution in [-0.2, 0) is 9.59 Å². The summed E-state index contributed by atoms with van der Waals surface area (Å²) in [4.78, 5) is 25.8. The Morgan fingerprint density at radius 2 is 2.00 bits per heavy atom. The van der Waals surface area contributed by atoms with Crippen molar-refractivity contribution in [3.05, 3.63) is 58.1 Å². The quantitative estimate of drug-likeness (QED) is 0.563. The molecule has 6 nitrogen and oxygen atoms in total. The van der Waals surface area contributed by atoms with Crippen molar-refractivity contribution in [1.29, 1.82) is 0 Å². The number of aryl methyl sites for hydroxylation is 1. The number of carbonyl (C=O) groups excluding carboxylic acids is 2. The van der Waals surface area contributed by atoms with Gasteiger partial charge in [0.1, 0.15) is 0 Å². The molecule has 0 atom stereocenters. The van der Waals surface area contributed by atoms with Gasteiger partial charge in [-0.05, 0) is 42.8 Å². The fourth-order valence-corrected chi connectivity index (χ4v) is 3.05. The van der Waals surface area contributed by atoms with E-state index in [-0.39, 0.29) is 29.5 Å². The van der Waals surface area contributed by atoms with Crippen LogP contribution in [0.15, 0.2) is 46.9 Å². The minimum absolute atomic E-state index is 0.113. The molecule has 160 valence electrons. The van der Waals surface area contributed by atoms with Crippen molar-refractivity contribution in [3.8, 4) is 11.5 Å². The molecule has 0 spiro atoms. The van der Waals surface area contributed by atoms with Crippen molar-refractivity contribution >= 4 is 39.5 Å². The van der Waals surface area contributed by atoms with Gasteiger partial charge >= 0.3 is 6.61 Å². The van der Waals surface area contributed by atoms with E-state index < -0.39 is 12.5 Å². The first kappa shape index (κ1) is 23.3. The largest absolute Gasteiger partial charge is 0.493 e. The van der Waals surface area contributed by atoms with Crippen LogP contribution in [0.1, 0.15) is 11.1 Å². The van der Waals surface area contributed by atoms with Crippen molar-refractivity contribution in [2.75, 3.05) is 26.0 Å². The highest BCUT2D eigenvalue weighted by atomic mass is 79.9. The number of ether oxygens (including phenoxy) is 2. The van der Waals surface area contributed by atoms with Crippen molar-refractivity contribution in [2.24, 2.45) is 0 Å². The van der Waals surface area contributed by atoms with E-state index in [0.717, 1.165) is 10.0 Å². The fourth-order valence-electron chi connectivity index (χ4n) is 2.58. The molecule has 2 amide bonds. The summed E-state index contributed by atoms with van der Waals surface area (Å²) >= 11 is 3.35. The first-order chi connectivity index (χ1) is 14.2. The van der Waals surface area contributed by atoms with Gasteiger partial charge in [0.15, 0.2) is 11.5 Å². The second-order valence-electron chi connectivity index (χ2n) is 6.29. The predicted octanol–water partition coefficient (Wildman–Crippen LogP) is 4.48. The number of hydrogen-bond donors (Lipinski definition) is 1. The molecular formula is C21H21BrF2N2O4. The second kappa shape index (κ2) is 10.7. The van der Waals surface area contributed by atoms with Crippen molar-refractivity contribution in [2.45, 2.75) is 13.5 Å². The zero-order chi connectivity index (χ0) is 22.3. The van der Waals surface area contributed by atoms with Crippen LogP contribution >= 0.6 is 15.9 Å². The van der Waals surface area contributed by atoms with Crippen molar-refractivity contribution in [1.82, 2.24) is 4.90 Å². The second-order valence-corrected chi connectivity index (χ2v) is 7.21. The first-order valence-corrected chi connectivity index (χ1v) is 9.61. The summed E-state index contributed by atoms with van der Waals surface area (Å²) in [5, 5.41) is 2.75. The van der Waals surface area contributed by atoms with Crippen LogP contribution in [0.2, 0.25) is 0 Å². The number of amides is 2. The molecule has 0 aromatic heterocycles. The summed E-state index contributed by atoms with van der Waals surface area (Å²) in [6.07, 6.45) is 2.50. The van der Waals surface area contributed by atoms with Gasteiger partial charge in [0.2, 0.25) is 11.8 Å². The van der Waals surface area contributed by atoms with Gasteiger partial charge in [-0.15, -0.1) is 0 Å². The topological polar surface area (TPSA) is 67.9 Å². The summed E-state index contributed by atoms with van der Waals surface area (Å²) in [5.41, 5.74) is 1.76. The highest BCUT2D eigenvalue weighted by Gasteiger charge is 2.15. The minimum Gasteiger partial charge on any atom is -0.493 e. The number of halogens is 3. The number of benzene rings is 2. The third-order valence-corrected chi connectivity index (χ3v) is 4.55. The van der Waals surface area contributed by atoms with E-state index >= 15 is 0 Å². The van der Waals surface area contributed by atoms with Gasteiger partial charge in [-0.2, -0.15) is 8.78 Å². The lowest BCUT2D eigenvalue weighted by molar-refractivity contribution is -0.129. The van der Waals surface area contributed by atoms with E-state index in [9.17, 15) is 18.4 Å². The standard InChI is InChI=1S/C21H21BrF2N2O4/c1-13-11-15(22)8-9-16(13)25-18(27)12-26(2)19(28)10-7-14-5-4-6-17(29-3)20(14)30-21(23)24/h4-11,21H,12H2,1-3H3,(H,25,27)/b10-7+. The molecule has 0 aliphatic heterocycles. The number of nitrogens with one attached hydrogen (secondary N) is 1. The molecule has 0 aliphatic rings. The molecule has 0 aliphatic carbocycles. The normalized spacial score (nSPS) is 10.9. The summed E-state index contributed by atoms with van der Waals surface area (Å²) < 4.78 is 35.8. The molecule has 0 radical (unpaired) electrons. The predicted molar refractivity (Wildman–Crippen MR) is 114 cm³/mol. The summed E-state index contributed by atoms with van der Waals surface area (Å²) in [6, 6.07) is 9.98. The average Bonchev–Trinajstić information content (AvgIpc) is 2.68.